The summed E-state index contributed by atoms with van der Waals surface area (Å²) >= 11 is 0. The zero-order chi connectivity index (χ0) is 25.7. The summed E-state index contributed by atoms with van der Waals surface area (Å²) < 4.78 is 23.3. The van der Waals surface area contributed by atoms with Gasteiger partial charge in [0.05, 0.1) is 37.1 Å². The molecule has 0 spiro atoms. The Balaban J connectivity index is 1.42. The molecule has 2 fully saturated rings. The first-order chi connectivity index (χ1) is 17.3. The molecule has 200 valence electrons. The van der Waals surface area contributed by atoms with Crippen LogP contribution in [0.15, 0.2) is 48.1 Å². The Morgan fingerprint density at radius 2 is 1.94 bits per heavy atom. The summed E-state index contributed by atoms with van der Waals surface area (Å²) in [4.78, 5) is 12.6. The van der Waals surface area contributed by atoms with Gasteiger partial charge in [-0.25, -0.2) is 4.79 Å². The van der Waals surface area contributed by atoms with Crippen LogP contribution in [-0.2, 0) is 23.7 Å². The number of epoxide rings is 1. The van der Waals surface area contributed by atoms with Crippen molar-refractivity contribution in [1.82, 2.24) is 0 Å². The van der Waals surface area contributed by atoms with Crippen molar-refractivity contribution in [3.8, 4) is 0 Å². The molecule has 7 heteroatoms. The number of ether oxygens (including phenoxy) is 4. The van der Waals surface area contributed by atoms with Crippen LogP contribution < -0.4 is 0 Å². The summed E-state index contributed by atoms with van der Waals surface area (Å²) in [5.74, 6) is -0.0805. The SMILES string of the molecule is C=C1C[C@H](C)C[C@@H]2CC[C@@H](C/C=C\C(=O)O[C@H]([C@@H](O)/C=C/[C@@H]3CC(C)=CCO3)C[C@@H]3O[C@H]3[C@@H](O)C1)O2. The van der Waals surface area contributed by atoms with Gasteiger partial charge in [0.1, 0.15) is 18.3 Å². The van der Waals surface area contributed by atoms with E-state index in [0.29, 0.717) is 31.8 Å². The van der Waals surface area contributed by atoms with Crippen LogP contribution in [0, 0.1) is 5.92 Å². The standard InChI is InChI=1S/C29H42O7/c1-18-11-12-33-22(14-18)9-10-24(30)26-17-27-29(36-27)25(31)16-20(3)13-19(2)15-23-8-7-21(34-23)5-4-6-28(32)35-26/h4,6,9-11,19,21-27,29-31H,3,5,7-8,12-17H2,1-2H3/b6-4-,10-9+/t19-,21+,22+,23-,24-,25-,26-,27-,29-/m0/s1. The molecule has 4 rings (SSSR count). The molecule has 0 radical (unpaired) electrons. The molecule has 4 aliphatic rings. The minimum absolute atomic E-state index is 0.105. The number of hydrogen-bond acceptors (Lipinski definition) is 7. The smallest absolute Gasteiger partial charge is 0.330 e. The second-order valence-corrected chi connectivity index (χ2v) is 11.0. The van der Waals surface area contributed by atoms with Crippen molar-refractivity contribution in [2.24, 2.45) is 5.92 Å². The van der Waals surface area contributed by atoms with Crippen molar-refractivity contribution in [2.45, 2.75) is 114 Å². The van der Waals surface area contributed by atoms with E-state index in [1.807, 2.05) is 12.2 Å². The molecule has 0 aromatic carbocycles. The molecule has 7 nitrogen and oxygen atoms in total. The van der Waals surface area contributed by atoms with Gasteiger partial charge in [0, 0.05) is 12.5 Å². The summed E-state index contributed by atoms with van der Waals surface area (Å²) in [6.07, 6.45) is 11.8. The van der Waals surface area contributed by atoms with Crippen molar-refractivity contribution in [1.29, 1.82) is 0 Å². The number of esters is 1. The lowest BCUT2D eigenvalue weighted by atomic mass is 9.91. The van der Waals surface area contributed by atoms with Gasteiger partial charge in [0.25, 0.3) is 0 Å². The van der Waals surface area contributed by atoms with Crippen molar-refractivity contribution >= 4 is 5.97 Å². The van der Waals surface area contributed by atoms with Crippen LogP contribution in [0.4, 0.5) is 0 Å². The molecule has 0 aromatic rings. The van der Waals surface area contributed by atoms with Crippen LogP contribution in [0.3, 0.4) is 0 Å². The predicted molar refractivity (Wildman–Crippen MR) is 136 cm³/mol. The van der Waals surface area contributed by atoms with E-state index in [4.69, 9.17) is 18.9 Å². The Bertz CT molecular complexity index is 862. The van der Waals surface area contributed by atoms with Gasteiger partial charge < -0.3 is 29.2 Å². The van der Waals surface area contributed by atoms with Crippen molar-refractivity contribution < 1.29 is 34.0 Å². The normalized spacial score (nSPS) is 40.5. The Hall–Kier alpha value is -1.77. The second-order valence-electron chi connectivity index (χ2n) is 11.0. The summed E-state index contributed by atoms with van der Waals surface area (Å²) in [5, 5.41) is 21.6. The third-order valence-electron chi connectivity index (χ3n) is 7.55. The van der Waals surface area contributed by atoms with E-state index in [-0.39, 0.29) is 30.5 Å². The van der Waals surface area contributed by atoms with Gasteiger partial charge in [-0.05, 0) is 57.8 Å². The second kappa shape index (κ2) is 12.7. The fourth-order valence-electron chi connectivity index (χ4n) is 5.58. The van der Waals surface area contributed by atoms with Crippen LogP contribution in [0.5, 0.6) is 0 Å². The Morgan fingerprint density at radius 3 is 2.75 bits per heavy atom. The van der Waals surface area contributed by atoms with E-state index in [0.717, 1.165) is 37.7 Å². The first kappa shape index (κ1) is 27.3. The summed E-state index contributed by atoms with van der Waals surface area (Å²) in [7, 11) is 0. The van der Waals surface area contributed by atoms with Crippen LogP contribution in [0.25, 0.3) is 0 Å². The zero-order valence-electron chi connectivity index (χ0n) is 21.6. The molecule has 0 saturated carbocycles. The molecule has 0 aliphatic carbocycles. The highest BCUT2D eigenvalue weighted by molar-refractivity contribution is 5.82. The highest BCUT2D eigenvalue weighted by Crippen LogP contribution is 2.35. The maximum absolute atomic E-state index is 12.6. The molecular weight excluding hydrogens is 460 g/mol. The summed E-state index contributed by atoms with van der Waals surface area (Å²) in [6, 6.07) is 0. The van der Waals surface area contributed by atoms with Gasteiger partial charge in [-0.3, -0.25) is 0 Å². The van der Waals surface area contributed by atoms with Crippen molar-refractivity contribution in [3.63, 3.8) is 0 Å². The lowest BCUT2D eigenvalue weighted by Gasteiger charge is -2.22. The lowest BCUT2D eigenvalue weighted by molar-refractivity contribution is -0.148. The van der Waals surface area contributed by atoms with Crippen LogP contribution >= 0.6 is 0 Å². The van der Waals surface area contributed by atoms with Crippen LogP contribution in [0.1, 0.15) is 65.2 Å². The molecular formula is C29H42O7. The van der Waals surface area contributed by atoms with Crippen molar-refractivity contribution in [3.05, 3.63) is 48.1 Å². The van der Waals surface area contributed by atoms with Gasteiger partial charge in [-0.2, -0.15) is 0 Å². The number of aliphatic hydroxyl groups is 2. The maximum atomic E-state index is 12.6. The third kappa shape index (κ3) is 8.12. The number of carbonyl (C=O) groups excluding carboxylic acids is 1. The highest BCUT2D eigenvalue weighted by Gasteiger charge is 2.46. The molecule has 4 aliphatic heterocycles. The topological polar surface area (TPSA) is 97.8 Å². The molecule has 2 N–H and O–H groups in total. The summed E-state index contributed by atoms with van der Waals surface area (Å²) in [6.45, 7) is 8.99. The lowest BCUT2D eigenvalue weighted by Crippen LogP contribution is -2.32. The van der Waals surface area contributed by atoms with Crippen molar-refractivity contribution in [2.75, 3.05) is 6.61 Å². The largest absolute Gasteiger partial charge is 0.456 e. The monoisotopic (exact) mass is 502 g/mol. The quantitative estimate of drug-likeness (QED) is 0.343. The molecule has 4 heterocycles. The van der Waals surface area contributed by atoms with E-state index in [2.05, 4.69) is 20.4 Å². The van der Waals surface area contributed by atoms with Crippen LogP contribution in [0.2, 0.25) is 0 Å². The molecule has 36 heavy (non-hydrogen) atoms. The Morgan fingerprint density at radius 1 is 1.14 bits per heavy atom. The van der Waals surface area contributed by atoms with Gasteiger partial charge in [-0.1, -0.05) is 49.0 Å². The fraction of sp³-hybridized carbons (Fsp3) is 0.690. The van der Waals surface area contributed by atoms with Gasteiger partial charge in [0.15, 0.2) is 0 Å². The Labute approximate surface area is 214 Å². The minimum atomic E-state index is -1.01. The van der Waals surface area contributed by atoms with E-state index in [1.54, 1.807) is 12.2 Å². The van der Waals surface area contributed by atoms with E-state index in [1.165, 1.54) is 11.6 Å². The van der Waals surface area contributed by atoms with Gasteiger partial charge in [0.2, 0.25) is 0 Å². The molecule has 0 amide bonds. The van der Waals surface area contributed by atoms with E-state index >= 15 is 0 Å². The minimum Gasteiger partial charge on any atom is -0.456 e. The number of carbonyl (C=O) groups is 1. The van der Waals surface area contributed by atoms with Gasteiger partial charge in [-0.15, -0.1) is 0 Å². The molecule has 2 bridgehead atoms. The number of hydrogen-bond donors (Lipinski definition) is 2. The average molecular weight is 503 g/mol. The maximum Gasteiger partial charge on any atom is 0.330 e. The molecule has 0 unspecified atom stereocenters. The highest BCUT2D eigenvalue weighted by atomic mass is 16.6. The number of rotatable bonds is 3. The molecule has 9 atom stereocenters. The first-order valence-electron chi connectivity index (χ1n) is 13.4. The third-order valence-corrected chi connectivity index (χ3v) is 7.55. The van der Waals surface area contributed by atoms with Gasteiger partial charge >= 0.3 is 5.97 Å². The molecule has 2 saturated heterocycles. The van der Waals surface area contributed by atoms with Crippen LogP contribution in [-0.4, -0.2) is 71.6 Å². The number of cyclic esters (lactones) is 1. The summed E-state index contributed by atoms with van der Waals surface area (Å²) in [5.41, 5.74) is 2.25. The number of aliphatic hydroxyl groups excluding tert-OH is 2. The van der Waals surface area contributed by atoms with E-state index < -0.39 is 24.3 Å². The van der Waals surface area contributed by atoms with E-state index in [9.17, 15) is 15.0 Å². The molecule has 0 aromatic heterocycles. The zero-order valence-corrected chi connectivity index (χ0v) is 21.6. The number of fused-ring (bicyclic) bond motifs is 3. The Kier molecular flexibility index (Phi) is 9.58. The fourth-order valence-corrected chi connectivity index (χ4v) is 5.58. The average Bonchev–Trinajstić information content (AvgIpc) is 3.45. The predicted octanol–water partition coefficient (Wildman–Crippen LogP) is 3.94. The first-order valence-corrected chi connectivity index (χ1v) is 13.4.